The molecule has 1 aromatic rings. The van der Waals surface area contributed by atoms with Gasteiger partial charge in [-0.1, -0.05) is 24.6 Å². The van der Waals surface area contributed by atoms with Gasteiger partial charge in [0.15, 0.2) is 0 Å². The SMILES string of the molecule is CCCN(CC1CC1)c1cccc(Cl)c1CNC1CC1. The molecule has 0 heterocycles. The van der Waals surface area contributed by atoms with Crippen LogP contribution in [-0.4, -0.2) is 19.1 Å². The fraction of sp³-hybridized carbons (Fsp3) is 0.647. The summed E-state index contributed by atoms with van der Waals surface area (Å²) in [7, 11) is 0. The van der Waals surface area contributed by atoms with Gasteiger partial charge in [-0.2, -0.15) is 0 Å². The van der Waals surface area contributed by atoms with Crippen molar-refractivity contribution >= 4 is 17.3 Å². The highest BCUT2D eigenvalue weighted by molar-refractivity contribution is 6.31. The van der Waals surface area contributed by atoms with Crippen LogP contribution in [0.3, 0.4) is 0 Å². The van der Waals surface area contributed by atoms with Crippen LogP contribution in [0.4, 0.5) is 5.69 Å². The van der Waals surface area contributed by atoms with Crippen molar-refractivity contribution in [2.24, 2.45) is 5.92 Å². The first-order chi connectivity index (χ1) is 9.78. The average Bonchev–Trinajstić information content (AvgIpc) is 3.31. The lowest BCUT2D eigenvalue weighted by Gasteiger charge is -2.27. The second-order valence-electron chi connectivity index (χ2n) is 6.28. The van der Waals surface area contributed by atoms with Gasteiger partial charge in [-0.3, -0.25) is 0 Å². The van der Waals surface area contributed by atoms with E-state index in [4.69, 9.17) is 11.6 Å². The molecule has 2 saturated carbocycles. The van der Waals surface area contributed by atoms with Crippen molar-refractivity contribution in [3.63, 3.8) is 0 Å². The van der Waals surface area contributed by atoms with Crippen LogP contribution in [-0.2, 0) is 6.54 Å². The van der Waals surface area contributed by atoms with Crippen LogP contribution < -0.4 is 10.2 Å². The molecule has 3 heteroatoms. The van der Waals surface area contributed by atoms with Crippen LogP contribution in [0.5, 0.6) is 0 Å². The van der Waals surface area contributed by atoms with Crippen molar-refractivity contribution in [2.45, 2.75) is 51.6 Å². The van der Waals surface area contributed by atoms with Crippen LogP contribution in [0.15, 0.2) is 18.2 Å². The highest BCUT2D eigenvalue weighted by Gasteiger charge is 2.26. The first-order valence-electron chi connectivity index (χ1n) is 8.03. The largest absolute Gasteiger partial charge is 0.371 e. The molecule has 3 rings (SSSR count). The van der Waals surface area contributed by atoms with Gasteiger partial charge in [-0.15, -0.1) is 0 Å². The van der Waals surface area contributed by atoms with E-state index < -0.39 is 0 Å². The molecule has 1 N–H and O–H groups in total. The zero-order valence-electron chi connectivity index (χ0n) is 12.4. The molecule has 0 aliphatic heterocycles. The molecule has 0 unspecified atom stereocenters. The van der Waals surface area contributed by atoms with E-state index in [1.54, 1.807) is 0 Å². The summed E-state index contributed by atoms with van der Waals surface area (Å²) in [5, 5.41) is 4.52. The predicted molar refractivity (Wildman–Crippen MR) is 86.5 cm³/mol. The van der Waals surface area contributed by atoms with Crippen molar-refractivity contribution < 1.29 is 0 Å². The van der Waals surface area contributed by atoms with E-state index in [0.29, 0.717) is 0 Å². The Morgan fingerprint density at radius 2 is 2.05 bits per heavy atom. The van der Waals surface area contributed by atoms with Gasteiger partial charge >= 0.3 is 0 Å². The Kier molecular flexibility index (Phi) is 4.52. The molecular weight excluding hydrogens is 268 g/mol. The average molecular weight is 293 g/mol. The Labute approximate surface area is 127 Å². The molecule has 2 aliphatic carbocycles. The zero-order chi connectivity index (χ0) is 13.9. The van der Waals surface area contributed by atoms with Gasteiger partial charge in [0, 0.05) is 41.9 Å². The number of benzene rings is 1. The van der Waals surface area contributed by atoms with Gasteiger partial charge in [0.25, 0.3) is 0 Å². The molecule has 0 spiro atoms. The van der Waals surface area contributed by atoms with Crippen LogP contribution in [0.1, 0.15) is 44.6 Å². The number of nitrogens with one attached hydrogen (secondary N) is 1. The molecular formula is C17H25ClN2. The van der Waals surface area contributed by atoms with Gasteiger partial charge in [0.05, 0.1) is 0 Å². The van der Waals surface area contributed by atoms with Crippen molar-refractivity contribution in [1.82, 2.24) is 5.32 Å². The smallest absolute Gasteiger partial charge is 0.0471 e. The third-order valence-corrected chi connectivity index (χ3v) is 4.60. The maximum absolute atomic E-state index is 6.46. The highest BCUT2D eigenvalue weighted by Crippen LogP contribution is 2.34. The fourth-order valence-electron chi connectivity index (χ4n) is 2.74. The van der Waals surface area contributed by atoms with E-state index in [1.807, 2.05) is 6.07 Å². The lowest BCUT2D eigenvalue weighted by molar-refractivity contribution is 0.671. The Morgan fingerprint density at radius 1 is 1.25 bits per heavy atom. The minimum atomic E-state index is 0.724. The Bertz CT molecular complexity index is 452. The third kappa shape index (κ3) is 3.67. The minimum absolute atomic E-state index is 0.724. The van der Waals surface area contributed by atoms with Crippen molar-refractivity contribution in [3.8, 4) is 0 Å². The molecule has 1 aromatic carbocycles. The van der Waals surface area contributed by atoms with Crippen molar-refractivity contribution in [1.29, 1.82) is 0 Å². The third-order valence-electron chi connectivity index (χ3n) is 4.25. The Balaban J connectivity index is 1.78. The summed E-state index contributed by atoms with van der Waals surface area (Å²) in [6, 6.07) is 7.08. The van der Waals surface area contributed by atoms with Gasteiger partial charge in [-0.25, -0.2) is 0 Å². The molecule has 0 saturated heterocycles. The summed E-state index contributed by atoms with van der Waals surface area (Å²) in [5.41, 5.74) is 2.63. The van der Waals surface area contributed by atoms with Crippen LogP contribution >= 0.6 is 11.6 Å². The number of hydrogen-bond donors (Lipinski definition) is 1. The summed E-state index contributed by atoms with van der Waals surface area (Å²) in [4.78, 5) is 2.55. The second kappa shape index (κ2) is 6.36. The number of halogens is 1. The van der Waals surface area contributed by atoms with E-state index in [2.05, 4.69) is 29.3 Å². The molecule has 0 amide bonds. The van der Waals surface area contributed by atoms with Gasteiger partial charge in [-0.05, 0) is 50.2 Å². The van der Waals surface area contributed by atoms with E-state index in [-0.39, 0.29) is 0 Å². The summed E-state index contributed by atoms with van der Waals surface area (Å²) in [6.07, 6.45) is 6.63. The van der Waals surface area contributed by atoms with Gasteiger partial charge < -0.3 is 10.2 Å². The topological polar surface area (TPSA) is 15.3 Å². The number of anilines is 1. The molecule has 0 atom stereocenters. The summed E-state index contributed by atoms with van der Waals surface area (Å²) < 4.78 is 0. The van der Waals surface area contributed by atoms with Crippen LogP contribution in [0, 0.1) is 5.92 Å². The fourth-order valence-corrected chi connectivity index (χ4v) is 2.98. The quantitative estimate of drug-likeness (QED) is 0.772. The minimum Gasteiger partial charge on any atom is -0.371 e. The standard InChI is InChI=1S/C17H25ClN2/c1-2-10-20(12-13-6-7-13)17-5-3-4-16(18)15(17)11-19-14-8-9-14/h3-5,13-14,19H,2,6-12H2,1H3. The Morgan fingerprint density at radius 3 is 2.70 bits per heavy atom. The van der Waals surface area contributed by atoms with Crippen molar-refractivity contribution in [2.75, 3.05) is 18.0 Å². The van der Waals surface area contributed by atoms with Crippen LogP contribution in [0.25, 0.3) is 0 Å². The summed E-state index contributed by atoms with van der Waals surface area (Å²) in [5.74, 6) is 0.907. The molecule has 2 nitrogen and oxygen atoms in total. The van der Waals surface area contributed by atoms with Crippen molar-refractivity contribution in [3.05, 3.63) is 28.8 Å². The number of nitrogens with zero attached hydrogens (tertiary/aromatic N) is 1. The Hall–Kier alpha value is -0.730. The molecule has 0 radical (unpaired) electrons. The van der Waals surface area contributed by atoms with E-state index in [1.165, 1.54) is 49.9 Å². The lowest BCUT2D eigenvalue weighted by atomic mass is 10.1. The normalized spacial score (nSPS) is 18.3. The summed E-state index contributed by atoms with van der Waals surface area (Å²) in [6.45, 7) is 5.50. The number of rotatable bonds is 8. The first kappa shape index (κ1) is 14.2. The van der Waals surface area contributed by atoms with E-state index in [9.17, 15) is 0 Å². The molecule has 0 aromatic heterocycles. The molecule has 110 valence electrons. The van der Waals surface area contributed by atoms with E-state index >= 15 is 0 Å². The highest BCUT2D eigenvalue weighted by atomic mass is 35.5. The maximum atomic E-state index is 6.46. The van der Waals surface area contributed by atoms with Crippen LogP contribution in [0.2, 0.25) is 5.02 Å². The predicted octanol–water partition coefficient (Wildman–Crippen LogP) is 4.22. The van der Waals surface area contributed by atoms with E-state index in [0.717, 1.165) is 30.1 Å². The lowest BCUT2D eigenvalue weighted by Crippen LogP contribution is -2.28. The maximum Gasteiger partial charge on any atom is 0.0471 e. The number of hydrogen-bond acceptors (Lipinski definition) is 2. The molecule has 2 aliphatic rings. The first-order valence-corrected chi connectivity index (χ1v) is 8.41. The second-order valence-corrected chi connectivity index (χ2v) is 6.69. The zero-order valence-corrected chi connectivity index (χ0v) is 13.1. The van der Waals surface area contributed by atoms with Gasteiger partial charge in [0.1, 0.15) is 0 Å². The monoisotopic (exact) mass is 292 g/mol. The molecule has 20 heavy (non-hydrogen) atoms. The molecule has 2 fully saturated rings. The van der Waals surface area contributed by atoms with Gasteiger partial charge in [0.2, 0.25) is 0 Å². The molecule has 0 bridgehead atoms. The summed E-state index contributed by atoms with van der Waals surface area (Å²) >= 11 is 6.46.